The predicted molar refractivity (Wildman–Crippen MR) is 118 cm³/mol. The minimum atomic E-state index is -1.78. The minimum Gasteiger partial charge on any atom is -0.496 e. The number of benzene rings is 1. The Morgan fingerprint density at radius 3 is 2.56 bits per heavy atom. The first-order valence-corrected chi connectivity index (χ1v) is 11.4. The van der Waals surface area contributed by atoms with Crippen LogP contribution in [0.25, 0.3) is 0 Å². The number of methoxy groups -OCH3 is 2. The average Bonchev–Trinajstić information content (AvgIpc) is 3.40. The summed E-state index contributed by atoms with van der Waals surface area (Å²) in [6.07, 6.45) is 0.440. The van der Waals surface area contributed by atoms with Crippen molar-refractivity contribution < 1.29 is 28.6 Å². The molecule has 166 valence electrons. The number of halogens is 1. The van der Waals surface area contributed by atoms with Gasteiger partial charge >= 0.3 is 0 Å². The summed E-state index contributed by atoms with van der Waals surface area (Å²) in [4.78, 5) is 40.3. The van der Waals surface area contributed by atoms with E-state index in [-0.39, 0.29) is 40.2 Å². The van der Waals surface area contributed by atoms with Gasteiger partial charge in [0.1, 0.15) is 22.1 Å². The predicted octanol–water partition coefficient (Wildman–Crippen LogP) is 3.90. The number of amides is 1. The summed E-state index contributed by atoms with van der Waals surface area (Å²) in [5.41, 5.74) is 0.207. The van der Waals surface area contributed by atoms with E-state index >= 15 is 0 Å². The number of hydrogen-bond acceptors (Lipinski definition) is 7. The van der Waals surface area contributed by atoms with Gasteiger partial charge in [0.25, 0.3) is 0 Å². The molecule has 2 aromatic rings. The zero-order valence-electron chi connectivity index (χ0n) is 17.6. The van der Waals surface area contributed by atoms with Crippen molar-refractivity contribution in [3.05, 3.63) is 50.3 Å². The lowest BCUT2D eigenvalue weighted by molar-refractivity contribution is -0.131. The molecule has 3 aliphatic rings. The summed E-state index contributed by atoms with van der Waals surface area (Å²) in [7, 11) is 2.87. The third-order valence-electron chi connectivity index (χ3n) is 6.50. The highest BCUT2D eigenvalue weighted by Crippen LogP contribution is 2.55. The van der Waals surface area contributed by atoms with Crippen molar-refractivity contribution in [1.29, 1.82) is 0 Å². The van der Waals surface area contributed by atoms with Crippen molar-refractivity contribution in [2.24, 2.45) is 5.92 Å². The van der Waals surface area contributed by atoms with Crippen molar-refractivity contribution >= 4 is 40.4 Å². The van der Waals surface area contributed by atoms with Gasteiger partial charge in [-0.15, -0.1) is 0 Å². The molecule has 3 heterocycles. The largest absolute Gasteiger partial charge is 0.496 e. The van der Waals surface area contributed by atoms with Crippen molar-refractivity contribution in [3.8, 4) is 17.2 Å². The van der Waals surface area contributed by atoms with Crippen LogP contribution in [0.4, 0.5) is 0 Å². The highest BCUT2D eigenvalue weighted by molar-refractivity contribution is 7.08. The number of hydrogen-bond donors (Lipinski definition) is 1. The Bertz CT molecular complexity index is 1200. The number of nitrogens with one attached hydrogen (secondary N) is 1. The van der Waals surface area contributed by atoms with Crippen LogP contribution in [0, 0.1) is 5.92 Å². The second kappa shape index (κ2) is 7.35. The van der Waals surface area contributed by atoms with Crippen LogP contribution in [0.5, 0.6) is 17.2 Å². The number of ether oxygens (including phenoxy) is 3. The molecule has 1 unspecified atom stereocenters. The summed E-state index contributed by atoms with van der Waals surface area (Å²) in [6, 6.07) is 3.41. The maximum absolute atomic E-state index is 14.1. The van der Waals surface area contributed by atoms with E-state index in [0.29, 0.717) is 17.7 Å². The van der Waals surface area contributed by atoms with Crippen molar-refractivity contribution in [1.82, 2.24) is 5.32 Å². The molecule has 7 nitrogen and oxygen atoms in total. The third-order valence-corrected chi connectivity index (χ3v) is 7.56. The Labute approximate surface area is 193 Å². The maximum atomic E-state index is 14.1. The summed E-state index contributed by atoms with van der Waals surface area (Å²) in [5.74, 6) is -1.45. The molecule has 32 heavy (non-hydrogen) atoms. The van der Waals surface area contributed by atoms with E-state index in [2.05, 4.69) is 5.32 Å². The SMILES string of the molecule is COc1cc(OC)c2c(c1Cl)O[C@@]1(C(=O)C3=C(C[C@H]1C)NC(=O)CC3c1ccsc1)C2=O. The molecule has 0 radical (unpaired) electrons. The quantitative estimate of drug-likeness (QED) is 0.680. The number of thiophene rings is 1. The fourth-order valence-electron chi connectivity index (χ4n) is 4.95. The lowest BCUT2D eigenvalue weighted by atomic mass is 9.66. The van der Waals surface area contributed by atoms with Crippen LogP contribution < -0.4 is 19.5 Å². The van der Waals surface area contributed by atoms with Gasteiger partial charge in [0.15, 0.2) is 5.75 Å². The fourth-order valence-corrected chi connectivity index (χ4v) is 5.93. The molecular formula is C23H20ClNO6S. The van der Waals surface area contributed by atoms with Gasteiger partial charge in [-0.2, -0.15) is 11.3 Å². The molecule has 0 saturated heterocycles. The Morgan fingerprint density at radius 1 is 1.16 bits per heavy atom. The topological polar surface area (TPSA) is 90.9 Å². The van der Waals surface area contributed by atoms with Gasteiger partial charge < -0.3 is 19.5 Å². The molecule has 1 N–H and O–H groups in total. The Kier molecular flexibility index (Phi) is 4.83. The van der Waals surface area contributed by atoms with Crippen LogP contribution in [-0.4, -0.2) is 37.3 Å². The highest BCUT2D eigenvalue weighted by atomic mass is 35.5. The van der Waals surface area contributed by atoms with Gasteiger partial charge in [-0.1, -0.05) is 18.5 Å². The highest BCUT2D eigenvalue weighted by Gasteiger charge is 2.63. The second-order valence-corrected chi connectivity index (χ2v) is 9.31. The van der Waals surface area contributed by atoms with Crippen LogP contribution in [0.3, 0.4) is 0 Å². The molecule has 1 spiro atoms. The molecule has 2 aliphatic heterocycles. The second-order valence-electron chi connectivity index (χ2n) is 8.15. The van der Waals surface area contributed by atoms with Crippen LogP contribution in [0.15, 0.2) is 34.2 Å². The maximum Gasteiger partial charge on any atom is 0.236 e. The van der Waals surface area contributed by atoms with Crippen LogP contribution in [0.1, 0.15) is 41.6 Å². The fraction of sp³-hybridized carbons (Fsp3) is 0.348. The molecule has 1 aromatic carbocycles. The molecule has 0 fully saturated rings. The summed E-state index contributed by atoms with van der Waals surface area (Å²) < 4.78 is 16.9. The van der Waals surface area contributed by atoms with E-state index in [9.17, 15) is 14.4 Å². The normalized spacial score (nSPS) is 26.6. The zero-order chi connectivity index (χ0) is 22.8. The van der Waals surface area contributed by atoms with E-state index in [4.69, 9.17) is 25.8 Å². The molecule has 0 bridgehead atoms. The van der Waals surface area contributed by atoms with Crippen LogP contribution in [-0.2, 0) is 9.59 Å². The van der Waals surface area contributed by atoms with Crippen molar-refractivity contribution in [2.75, 3.05) is 14.2 Å². The van der Waals surface area contributed by atoms with E-state index < -0.39 is 29.0 Å². The Hall–Kier alpha value is -2.84. The first kappa shape index (κ1) is 21.0. The third kappa shape index (κ3) is 2.69. The molecule has 3 atom stereocenters. The Balaban J connectivity index is 1.68. The van der Waals surface area contributed by atoms with Gasteiger partial charge in [-0.25, -0.2) is 0 Å². The van der Waals surface area contributed by atoms with Gasteiger partial charge in [0, 0.05) is 35.6 Å². The van der Waals surface area contributed by atoms with E-state index in [1.165, 1.54) is 31.6 Å². The average molecular weight is 474 g/mol. The molecule has 1 aliphatic carbocycles. The molecule has 1 aromatic heterocycles. The van der Waals surface area contributed by atoms with Gasteiger partial charge in [0.2, 0.25) is 23.1 Å². The number of carbonyl (C=O) groups is 3. The number of allylic oxidation sites excluding steroid dienone is 1. The van der Waals surface area contributed by atoms with E-state index in [1.54, 1.807) is 6.92 Å². The number of Topliss-reactive ketones (excluding diaryl/α,β-unsaturated/α-hetero) is 2. The number of rotatable bonds is 3. The Morgan fingerprint density at radius 2 is 1.91 bits per heavy atom. The lowest BCUT2D eigenvalue weighted by Gasteiger charge is -2.41. The molecule has 9 heteroatoms. The summed E-state index contributed by atoms with van der Waals surface area (Å²) in [6.45, 7) is 1.77. The standard InChI is InChI=1S/C23H20ClNO6S/c1-10-6-13-17(12(7-16(26)25-13)11-4-5-32-9-11)21(27)23(10)22(28)18-14(29-2)8-15(30-3)19(24)20(18)31-23/h4-5,8-10,12H,6-7H2,1-3H3,(H,25,26)/t10-,12?,23+/m1/s1. The smallest absolute Gasteiger partial charge is 0.236 e. The first-order valence-electron chi connectivity index (χ1n) is 10.1. The monoisotopic (exact) mass is 473 g/mol. The number of ketones is 2. The van der Waals surface area contributed by atoms with Gasteiger partial charge in [-0.3, -0.25) is 14.4 Å². The van der Waals surface area contributed by atoms with Crippen molar-refractivity contribution in [2.45, 2.75) is 31.3 Å². The number of carbonyl (C=O) groups excluding carboxylic acids is 3. The summed E-state index contributed by atoms with van der Waals surface area (Å²) in [5, 5.41) is 6.78. The van der Waals surface area contributed by atoms with E-state index in [0.717, 1.165) is 5.56 Å². The zero-order valence-corrected chi connectivity index (χ0v) is 19.2. The minimum absolute atomic E-state index is 0.0871. The van der Waals surface area contributed by atoms with E-state index in [1.807, 2.05) is 16.8 Å². The van der Waals surface area contributed by atoms with Crippen LogP contribution >= 0.6 is 22.9 Å². The molecule has 5 rings (SSSR count). The molecular weight excluding hydrogens is 454 g/mol. The molecule has 0 saturated carbocycles. The first-order chi connectivity index (χ1) is 15.3. The lowest BCUT2D eigenvalue weighted by Crippen LogP contribution is -2.59. The van der Waals surface area contributed by atoms with Crippen LogP contribution in [0.2, 0.25) is 5.02 Å². The van der Waals surface area contributed by atoms with Crippen molar-refractivity contribution in [3.63, 3.8) is 0 Å². The number of fused-ring (bicyclic) bond motifs is 1. The molecule has 1 amide bonds. The van der Waals surface area contributed by atoms with Gasteiger partial charge in [0.05, 0.1) is 14.2 Å². The summed E-state index contributed by atoms with van der Waals surface area (Å²) >= 11 is 7.97. The van der Waals surface area contributed by atoms with Gasteiger partial charge in [-0.05, 0) is 28.8 Å².